The standard InChI is InChI=1S/C14H24N2O3/c1-2-11-6-3-4-9-16(11)13(19)15-14(7-5-8-14)10-12(17)18/h11H,2-10H2,1H3,(H,15,19)(H,17,18). The molecule has 0 aromatic rings. The van der Waals surface area contributed by atoms with Crippen LogP contribution < -0.4 is 5.32 Å². The van der Waals surface area contributed by atoms with Crippen LogP contribution >= 0.6 is 0 Å². The predicted octanol–water partition coefficient (Wildman–Crippen LogP) is 2.36. The Bertz CT molecular complexity index is 353. The van der Waals surface area contributed by atoms with Gasteiger partial charge in [0.1, 0.15) is 0 Å². The van der Waals surface area contributed by atoms with Gasteiger partial charge in [0.25, 0.3) is 0 Å². The van der Waals surface area contributed by atoms with Gasteiger partial charge in [-0.25, -0.2) is 4.79 Å². The topological polar surface area (TPSA) is 69.6 Å². The van der Waals surface area contributed by atoms with Crippen molar-refractivity contribution in [3.8, 4) is 0 Å². The number of piperidine rings is 1. The molecule has 1 heterocycles. The number of amides is 2. The monoisotopic (exact) mass is 268 g/mol. The Labute approximate surface area is 114 Å². The zero-order valence-electron chi connectivity index (χ0n) is 11.7. The number of carbonyl (C=O) groups is 2. The lowest BCUT2D eigenvalue weighted by atomic mass is 9.74. The van der Waals surface area contributed by atoms with E-state index in [0.29, 0.717) is 6.04 Å². The Kier molecular flexibility index (Phi) is 4.32. The highest BCUT2D eigenvalue weighted by Gasteiger charge is 2.41. The minimum Gasteiger partial charge on any atom is -0.481 e. The van der Waals surface area contributed by atoms with Crippen LogP contribution in [0.4, 0.5) is 4.79 Å². The fraction of sp³-hybridized carbons (Fsp3) is 0.857. The van der Waals surface area contributed by atoms with Gasteiger partial charge in [0, 0.05) is 12.6 Å². The lowest BCUT2D eigenvalue weighted by molar-refractivity contribution is -0.139. The lowest BCUT2D eigenvalue weighted by Gasteiger charge is -2.44. The number of hydrogen-bond acceptors (Lipinski definition) is 2. The SMILES string of the molecule is CCC1CCCCN1C(=O)NC1(CC(=O)O)CCC1. The second kappa shape index (κ2) is 5.80. The maximum Gasteiger partial charge on any atom is 0.318 e. The lowest BCUT2D eigenvalue weighted by Crippen LogP contribution is -2.60. The molecule has 5 nitrogen and oxygen atoms in total. The summed E-state index contributed by atoms with van der Waals surface area (Å²) in [5, 5.41) is 12.0. The van der Waals surface area contributed by atoms with Crippen LogP contribution in [-0.2, 0) is 4.79 Å². The molecule has 0 radical (unpaired) electrons. The van der Waals surface area contributed by atoms with Gasteiger partial charge < -0.3 is 15.3 Å². The number of hydrogen-bond donors (Lipinski definition) is 2. The van der Waals surface area contributed by atoms with Gasteiger partial charge in [0.05, 0.1) is 12.0 Å². The van der Waals surface area contributed by atoms with E-state index < -0.39 is 11.5 Å². The molecule has 5 heteroatoms. The number of rotatable bonds is 4. The van der Waals surface area contributed by atoms with Crippen LogP contribution in [0.3, 0.4) is 0 Å². The average Bonchev–Trinajstić information content (AvgIpc) is 2.35. The Hall–Kier alpha value is -1.26. The number of carboxylic acids is 1. The van der Waals surface area contributed by atoms with Crippen molar-refractivity contribution in [2.75, 3.05) is 6.54 Å². The number of carbonyl (C=O) groups excluding carboxylic acids is 1. The van der Waals surface area contributed by atoms with Crippen molar-refractivity contribution in [1.82, 2.24) is 10.2 Å². The molecular formula is C14H24N2O3. The zero-order chi connectivity index (χ0) is 13.9. The number of likely N-dealkylation sites (tertiary alicyclic amines) is 1. The Balaban J connectivity index is 1.96. The minimum absolute atomic E-state index is 0.0450. The van der Waals surface area contributed by atoms with Gasteiger partial charge in [0.2, 0.25) is 0 Å². The molecule has 1 unspecified atom stereocenters. The molecule has 1 aliphatic heterocycles. The van der Waals surface area contributed by atoms with Crippen LogP contribution in [0, 0.1) is 0 Å². The number of nitrogens with one attached hydrogen (secondary N) is 1. The molecule has 2 fully saturated rings. The van der Waals surface area contributed by atoms with E-state index in [0.717, 1.165) is 45.1 Å². The van der Waals surface area contributed by atoms with Crippen molar-refractivity contribution in [1.29, 1.82) is 0 Å². The Morgan fingerprint density at radius 2 is 2.05 bits per heavy atom. The second-order valence-electron chi connectivity index (χ2n) is 5.89. The van der Waals surface area contributed by atoms with E-state index in [1.54, 1.807) is 0 Å². The number of aliphatic carboxylic acids is 1. The first-order valence-corrected chi connectivity index (χ1v) is 7.37. The third kappa shape index (κ3) is 3.19. The van der Waals surface area contributed by atoms with Crippen LogP contribution in [0.5, 0.6) is 0 Å². The molecule has 0 aromatic heterocycles. The van der Waals surface area contributed by atoms with Crippen molar-refractivity contribution in [3.63, 3.8) is 0 Å². The summed E-state index contributed by atoms with van der Waals surface area (Å²) in [5.74, 6) is -0.828. The number of nitrogens with zero attached hydrogens (tertiary/aromatic N) is 1. The van der Waals surface area contributed by atoms with Gasteiger partial charge in [-0.05, 0) is 44.9 Å². The van der Waals surface area contributed by atoms with E-state index >= 15 is 0 Å². The van der Waals surface area contributed by atoms with Crippen LogP contribution in [-0.4, -0.2) is 40.1 Å². The first-order valence-electron chi connectivity index (χ1n) is 7.37. The third-order valence-corrected chi connectivity index (χ3v) is 4.53. The number of carboxylic acid groups (broad SMARTS) is 1. The molecule has 1 saturated carbocycles. The fourth-order valence-corrected chi connectivity index (χ4v) is 3.23. The van der Waals surface area contributed by atoms with E-state index in [1.165, 1.54) is 6.42 Å². The summed E-state index contributed by atoms with van der Waals surface area (Å²) in [6.45, 7) is 2.90. The van der Waals surface area contributed by atoms with Crippen LogP contribution in [0.15, 0.2) is 0 Å². The molecule has 1 aliphatic carbocycles. The highest BCUT2D eigenvalue weighted by molar-refractivity contribution is 5.77. The minimum atomic E-state index is -0.828. The van der Waals surface area contributed by atoms with Crippen molar-refractivity contribution in [3.05, 3.63) is 0 Å². The molecule has 0 spiro atoms. The maximum atomic E-state index is 12.4. The normalized spacial score (nSPS) is 25.5. The predicted molar refractivity (Wildman–Crippen MR) is 72.0 cm³/mol. The van der Waals surface area contributed by atoms with Gasteiger partial charge in [-0.15, -0.1) is 0 Å². The van der Waals surface area contributed by atoms with Gasteiger partial charge >= 0.3 is 12.0 Å². The van der Waals surface area contributed by atoms with E-state index in [9.17, 15) is 9.59 Å². The van der Waals surface area contributed by atoms with Crippen molar-refractivity contribution in [2.24, 2.45) is 0 Å². The fourth-order valence-electron chi connectivity index (χ4n) is 3.23. The van der Waals surface area contributed by atoms with E-state index in [4.69, 9.17) is 5.11 Å². The molecule has 1 saturated heterocycles. The molecule has 2 aliphatic rings. The Morgan fingerprint density at radius 3 is 2.58 bits per heavy atom. The highest BCUT2D eigenvalue weighted by atomic mass is 16.4. The summed E-state index contributed by atoms with van der Waals surface area (Å²) < 4.78 is 0. The van der Waals surface area contributed by atoms with Crippen molar-refractivity contribution >= 4 is 12.0 Å². The summed E-state index contributed by atoms with van der Waals surface area (Å²) in [4.78, 5) is 25.2. The quantitative estimate of drug-likeness (QED) is 0.822. The molecule has 108 valence electrons. The van der Waals surface area contributed by atoms with E-state index in [1.807, 2.05) is 4.90 Å². The van der Waals surface area contributed by atoms with Crippen molar-refractivity contribution in [2.45, 2.75) is 69.9 Å². The van der Waals surface area contributed by atoms with E-state index in [-0.39, 0.29) is 12.5 Å². The van der Waals surface area contributed by atoms with E-state index in [2.05, 4.69) is 12.2 Å². The smallest absolute Gasteiger partial charge is 0.318 e. The van der Waals surface area contributed by atoms with Gasteiger partial charge in [-0.3, -0.25) is 4.79 Å². The first-order chi connectivity index (χ1) is 9.06. The summed E-state index contributed by atoms with van der Waals surface area (Å²) in [6.07, 6.45) is 6.90. The molecule has 2 rings (SSSR count). The molecule has 0 bridgehead atoms. The molecule has 2 N–H and O–H groups in total. The number of urea groups is 1. The molecule has 1 atom stereocenters. The average molecular weight is 268 g/mol. The van der Waals surface area contributed by atoms with Crippen LogP contribution in [0.2, 0.25) is 0 Å². The summed E-state index contributed by atoms with van der Waals surface area (Å²) >= 11 is 0. The Morgan fingerprint density at radius 1 is 1.32 bits per heavy atom. The van der Waals surface area contributed by atoms with Gasteiger partial charge in [-0.2, -0.15) is 0 Å². The zero-order valence-corrected chi connectivity index (χ0v) is 11.7. The largest absolute Gasteiger partial charge is 0.481 e. The summed E-state index contributed by atoms with van der Waals surface area (Å²) in [7, 11) is 0. The molecular weight excluding hydrogens is 244 g/mol. The second-order valence-corrected chi connectivity index (χ2v) is 5.89. The van der Waals surface area contributed by atoms with Crippen LogP contribution in [0.25, 0.3) is 0 Å². The molecule has 19 heavy (non-hydrogen) atoms. The van der Waals surface area contributed by atoms with Crippen LogP contribution in [0.1, 0.15) is 58.3 Å². The summed E-state index contributed by atoms with van der Waals surface area (Å²) in [6, 6.07) is 0.253. The maximum absolute atomic E-state index is 12.4. The first kappa shape index (κ1) is 14.2. The molecule has 0 aromatic carbocycles. The highest BCUT2D eigenvalue weighted by Crippen LogP contribution is 2.35. The van der Waals surface area contributed by atoms with Gasteiger partial charge in [0.15, 0.2) is 0 Å². The van der Waals surface area contributed by atoms with Gasteiger partial charge in [-0.1, -0.05) is 6.92 Å². The third-order valence-electron chi connectivity index (χ3n) is 4.53. The summed E-state index contributed by atoms with van der Waals surface area (Å²) in [5.41, 5.74) is -0.487. The molecule has 2 amide bonds. The van der Waals surface area contributed by atoms with Crippen molar-refractivity contribution < 1.29 is 14.7 Å².